The molecule has 1 heterocycles. The first-order valence-electron chi connectivity index (χ1n) is 8.89. The Bertz CT molecular complexity index is 699. The highest BCUT2D eigenvalue weighted by Gasteiger charge is 2.20. The maximum atomic E-state index is 12.1. The summed E-state index contributed by atoms with van der Waals surface area (Å²) in [5.41, 5.74) is 2.91. The predicted molar refractivity (Wildman–Crippen MR) is 96.8 cm³/mol. The molecule has 1 aliphatic carbocycles. The maximum absolute atomic E-state index is 12.1. The summed E-state index contributed by atoms with van der Waals surface area (Å²) in [6.45, 7) is 1.04. The largest absolute Gasteiger partial charge is 0.393 e. The molecule has 6 nitrogen and oxygen atoms in total. The number of carbonyl (C=O) groups is 1. The molecule has 0 radical (unpaired) electrons. The van der Waals surface area contributed by atoms with E-state index in [9.17, 15) is 9.90 Å². The maximum Gasteiger partial charge on any atom is 0.315 e. The fourth-order valence-corrected chi connectivity index (χ4v) is 3.43. The number of aliphatic hydroxyl groups is 1. The van der Waals surface area contributed by atoms with E-state index >= 15 is 0 Å². The fraction of sp³-hybridized carbons (Fsp3) is 0.474. The van der Waals surface area contributed by atoms with Crippen LogP contribution < -0.4 is 10.6 Å². The van der Waals surface area contributed by atoms with E-state index in [0.29, 0.717) is 19.0 Å². The third-order valence-corrected chi connectivity index (χ3v) is 4.70. The van der Waals surface area contributed by atoms with E-state index in [1.165, 1.54) is 0 Å². The first kappa shape index (κ1) is 17.5. The third kappa shape index (κ3) is 4.82. The second-order valence-electron chi connectivity index (χ2n) is 6.79. The van der Waals surface area contributed by atoms with Gasteiger partial charge in [0, 0.05) is 37.5 Å². The van der Waals surface area contributed by atoms with Crippen molar-refractivity contribution in [2.24, 2.45) is 13.0 Å². The van der Waals surface area contributed by atoms with Crippen LogP contribution >= 0.6 is 0 Å². The summed E-state index contributed by atoms with van der Waals surface area (Å²) in [5.74, 6) is 0.368. The zero-order chi connectivity index (χ0) is 17.6. The molecule has 25 heavy (non-hydrogen) atoms. The predicted octanol–water partition coefficient (Wildman–Crippen LogP) is 2.44. The van der Waals surface area contributed by atoms with Crippen LogP contribution in [0.2, 0.25) is 0 Å². The van der Waals surface area contributed by atoms with Crippen molar-refractivity contribution in [3.63, 3.8) is 0 Å². The molecule has 0 saturated heterocycles. The highest BCUT2D eigenvalue weighted by Crippen LogP contribution is 2.23. The van der Waals surface area contributed by atoms with E-state index in [-0.39, 0.29) is 12.1 Å². The fourth-order valence-electron chi connectivity index (χ4n) is 3.43. The molecule has 2 amide bonds. The summed E-state index contributed by atoms with van der Waals surface area (Å²) in [4.78, 5) is 12.1. The van der Waals surface area contributed by atoms with Gasteiger partial charge in [0.15, 0.2) is 0 Å². The number of hydrogen-bond donors (Lipinski definition) is 3. The zero-order valence-electron chi connectivity index (χ0n) is 14.6. The number of nitrogens with zero attached hydrogens (tertiary/aromatic N) is 2. The first-order valence-corrected chi connectivity index (χ1v) is 8.89. The van der Waals surface area contributed by atoms with Crippen molar-refractivity contribution in [3.05, 3.63) is 42.1 Å². The number of benzene rings is 1. The summed E-state index contributed by atoms with van der Waals surface area (Å²) < 4.78 is 1.76. The van der Waals surface area contributed by atoms with E-state index in [1.807, 2.05) is 43.6 Å². The lowest BCUT2D eigenvalue weighted by Crippen LogP contribution is -2.39. The molecule has 1 aromatic heterocycles. The highest BCUT2D eigenvalue weighted by atomic mass is 16.3. The minimum Gasteiger partial charge on any atom is -0.393 e. The smallest absolute Gasteiger partial charge is 0.315 e. The SMILES string of the molecule is Cn1cc(CNC(=O)NC[C@H]2CCC[C@@H](O)C2)c(-c2ccccc2)n1. The minimum atomic E-state index is -0.215. The van der Waals surface area contributed by atoms with Crippen LogP contribution in [0.3, 0.4) is 0 Å². The normalized spacial score (nSPS) is 20.2. The summed E-state index contributed by atoms with van der Waals surface area (Å²) >= 11 is 0. The van der Waals surface area contributed by atoms with Crippen LogP contribution in [-0.4, -0.2) is 33.6 Å². The van der Waals surface area contributed by atoms with Crippen LogP contribution in [0.25, 0.3) is 11.3 Å². The van der Waals surface area contributed by atoms with Gasteiger partial charge in [-0.25, -0.2) is 4.79 Å². The standard InChI is InChI=1S/C19H26N4O2/c1-23-13-16(18(22-23)15-7-3-2-4-8-15)12-21-19(25)20-11-14-6-5-9-17(24)10-14/h2-4,7-8,13-14,17,24H,5-6,9-12H2,1H3,(H2,20,21,25)/t14-,17+/m0/s1. The van der Waals surface area contributed by atoms with Gasteiger partial charge in [-0.2, -0.15) is 5.10 Å². The molecule has 0 spiro atoms. The van der Waals surface area contributed by atoms with E-state index in [2.05, 4.69) is 15.7 Å². The van der Waals surface area contributed by atoms with Crippen LogP contribution in [0.4, 0.5) is 4.79 Å². The Morgan fingerprint density at radius 3 is 2.84 bits per heavy atom. The Labute approximate surface area is 148 Å². The van der Waals surface area contributed by atoms with Crippen LogP contribution in [0.5, 0.6) is 0 Å². The van der Waals surface area contributed by atoms with Gasteiger partial charge in [-0.3, -0.25) is 4.68 Å². The molecule has 3 N–H and O–H groups in total. The monoisotopic (exact) mass is 342 g/mol. The summed E-state index contributed by atoms with van der Waals surface area (Å²) in [6, 6.07) is 9.78. The topological polar surface area (TPSA) is 79.2 Å². The Morgan fingerprint density at radius 2 is 2.08 bits per heavy atom. The van der Waals surface area contributed by atoms with Crippen molar-refractivity contribution < 1.29 is 9.90 Å². The molecule has 1 aliphatic rings. The van der Waals surface area contributed by atoms with Gasteiger partial charge in [0.1, 0.15) is 0 Å². The molecule has 0 bridgehead atoms. The molecule has 1 aromatic carbocycles. The molecule has 134 valence electrons. The number of amides is 2. The highest BCUT2D eigenvalue weighted by molar-refractivity contribution is 5.74. The lowest BCUT2D eigenvalue weighted by Gasteiger charge is -2.25. The quantitative estimate of drug-likeness (QED) is 0.781. The van der Waals surface area contributed by atoms with Gasteiger partial charge in [0.05, 0.1) is 11.8 Å². The van der Waals surface area contributed by atoms with Crippen molar-refractivity contribution in [2.75, 3.05) is 6.54 Å². The Kier molecular flexibility index (Phi) is 5.71. The second-order valence-corrected chi connectivity index (χ2v) is 6.79. The van der Waals surface area contributed by atoms with Crippen LogP contribution in [0.15, 0.2) is 36.5 Å². The number of carbonyl (C=O) groups excluding carboxylic acids is 1. The molecular weight excluding hydrogens is 316 g/mol. The van der Waals surface area contributed by atoms with Crippen molar-refractivity contribution in [1.82, 2.24) is 20.4 Å². The number of nitrogens with one attached hydrogen (secondary N) is 2. The van der Waals surface area contributed by atoms with Crippen molar-refractivity contribution in [3.8, 4) is 11.3 Å². The first-order chi connectivity index (χ1) is 12.1. The average Bonchev–Trinajstić information content (AvgIpc) is 3.00. The zero-order valence-corrected chi connectivity index (χ0v) is 14.6. The average molecular weight is 342 g/mol. The minimum absolute atomic E-state index is 0.178. The third-order valence-electron chi connectivity index (χ3n) is 4.70. The number of aliphatic hydroxyl groups excluding tert-OH is 1. The number of rotatable bonds is 5. The van der Waals surface area contributed by atoms with Gasteiger partial charge in [0.25, 0.3) is 0 Å². The second kappa shape index (κ2) is 8.16. The van der Waals surface area contributed by atoms with Crippen LogP contribution in [-0.2, 0) is 13.6 Å². The van der Waals surface area contributed by atoms with Gasteiger partial charge in [-0.15, -0.1) is 0 Å². The van der Waals surface area contributed by atoms with Crippen molar-refractivity contribution >= 4 is 6.03 Å². The van der Waals surface area contributed by atoms with Gasteiger partial charge in [-0.1, -0.05) is 36.8 Å². The lowest BCUT2D eigenvalue weighted by molar-refractivity contribution is 0.101. The molecule has 2 aromatic rings. The number of hydrogen-bond acceptors (Lipinski definition) is 3. The van der Waals surface area contributed by atoms with Gasteiger partial charge in [0.2, 0.25) is 0 Å². The van der Waals surface area contributed by atoms with E-state index in [0.717, 1.165) is 42.5 Å². The van der Waals surface area contributed by atoms with E-state index in [4.69, 9.17) is 0 Å². The Morgan fingerprint density at radius 1 is 1.28 bits per heavy atom. The van der Waals surface area contributed by atoms with Gasteiger partial charge < -0.3 is 15.7 Å². The summed E-state index contributed by atoms with van der Waals surface area (Å²) in [5, 5.41) is 20.0. The van der Waals surface area contributed by atoms with E-state index < -0.39 is 0 Å². The van der Waals surface area contributed by atoms with Crippen LogP contribution in [0.1, 0.15) is 31.2 Å². The summed E-state index contributed by atoms with van der Waals surface area (Å²) in [7, 11) is 1.88. The Hall–Kier alpha value is -2.34. The molecule has 0 unspecified atom stereocenters. The van der Waals surface area contributed by atoms with Gasteiger partial charge >= 0.3 is 6.03 Å². The summed E-state index contributed by atoms with van der Waals surface area (Å²) in [6.07, 6.45) is 5.48. The number of aromatic nitrogens is 2. The molecule has 1 saturated carbocycles. The van der Waals surface area contributed by atoms with Gasteiger partial charge in [-0.05, 0) is 25.2 Å². The van der Waals surface area contributed by atoms with Crippen molar-refractivity contribution in [2.45, 2.75) is 38.3 Å². The number of aryl methyl sites for hydroxylation is 1. The van der Waals surface area contributed by atoms with Crippen LogP contribution in [0, 0.1) is 5.92 Å². The lowest BCUT2D eigenvalue weighted by atomic mass is 9.87. The number of urea groups is 1. The molecule has 2 atom stereocenters. The molecule has 6 heteroatoms. The molecule has 0 aliphatic heterocycles. The molecular formula is C19H26N4O2. The Balaban J connectivity index is 1.52. The van der Waals surface area contributed by atoms with Crippen molar-refractivity contribution in [1.29, 1.82) is 0 Å². The molecule has 3 rings (SSSR count). The van der Waals surface area contributed by atoms with E-state index in [1.54, 1.807) is 4.68 Å². The molecule has 1 fully saturated rings.